The molecule has 2 amide bonds. The smallest absolute Gasteiger partial charge is 0.395 e. The molecule has 1 atom stereocenters. The van der Waals surface area contributed by atoms with Crippen molar-refractivity contribution in [2.75, 3.05) is 23.8 Å². The Kier molecular flexibility index (Phi) is 9.58. The zero-order valence-electron chi connectivity index (χ0n) is 22.8. The zero-order valence-corrected chi connectivity index (χ0v) is 22.8. The van der Waals surface area contributed by atoms with Gasteiger partial charge in [0.2, 0.25) is 0 Å². The maximum atomic E-state index is 13.0. The van der Waals surface area contributed by atoms with Gasteiger partial charge in [0, 0.05) is 41.3 Å². The number of carbonyl (C=O) groups excluding carboxylic acids is 2. The van der Waals surface area contributed by atoms with E-state index in [9.17, 15) is 32.7 Å². The number of amides is 2. The van der Waals surface area contributed by atoms with Crippen LogP contribution in [0.3, 0.4) is 0 Å². The van der Waals surface area contributed by atoms with E-state index in [1.54, 1.807) is 18.2 Å². The number of nitrogens with zero attached hydrogens (tertiary/aromatic N) is 1. The number of nitrogens with one attached hydrogen (secondary N) is 4. The summed E-state index contributed by atoms with van der Waals surface area (Å²) in [5.41, 5.74) is 1.68. The van der Waals surface area contributed by atoms with E-state index in [0.717, 1.165) is 6.92 Å². The molecule has 2 aromatic heterocycles. The van der Waals surface area contributed by atoms with E-state index in [1.165, 1.54) is 54.9 Å². The summed E-state index contributed by atoms with van der Waals surface area (Å²) in [6.45, 7) is 0.462. The molecule has 4 aromatic rings. The van der Waals surface area contributed by atoms with Crippen molar-refractivity contribution >= 4 is 29.0 Å². The fourth-order valence-electron chi connectivity index (χ4n) is 4.20. The number of aliphatic hydroxyl groups excluding tert-OH is 2. The third kappa shape index (κ3) is 7.45. The standard InChI is InChI=1S/C30H28F3N5O5/c1-17(30(31,32)33)18-5-7-19(8-6-18)28(42)38-24-4-2-3-22(23(24)16-40)21-13-25(29(43)36-15-21)37-26-10-9-20(14-35-26)27(41)34-11-12-39/h2-10,13-15,17,39-40H,11-12,16H2,1H3,(H,34,41)(H,35,37)(H,36,43)(H,38,42). The van der Waals surface area contributed by atoms with Gasteiger partial charge in [-0.1, -0.05) is 24.3 Å². The van der Waals surface area contributed by atoms with Crippen LogP contribution in [0.1, 0.15) is 44.7 Å². The van der Waals surface area contributed by atoms with E-state index in [1.807, 2.05) is 0 Å². The number of benzene rings is 2. The van der Waals surface area contributed by atoms with Gasteiger partial charge in [0.1, 0.15) is 11.5 Å². The van der Waals surface area contributed by atoms with Crippen LogP contribution in [0.25, 0.3) is 11.1 Å². The Morgan fingerprint density at radius 3 is 2.33 bits per heavy atom. The lowest BCUT2D eigenvalue weighted by molar-refractivity contribution is -0.146. The van der Waals surface area contributed by atoms with Crippen LogP contribution in [-0.2, 0) is 6.61 Å². The number of H-pyrrole nitrogens is 1. The largest absolute Gasteiger partial charge is 0.395 e. The van der Waals surface area contributed by atoms with Gasteiger partial charge in [-0.25, -0.2) is 4.98 Å². The highest BCUT2D eigenvalue weighted by Gasteiger charge is 2.36. The first-order chi connectivity index (χ1) is 20.5. The summed E-state index contributed by atoms with van der Waals surface area (Å²) in [6.07, 6.45) is -1.65. The van der Waals surface area contributed by atoms with Gasteiger partial charge >= 0.3 is 6.18 Å². The number of alkyl halides is 3. The predicted molar refractivity (Wildman–Crippen MR) is 154 cm³/mol. The van der Waals surface area contributed by atoms with Gasteiger partial charge in [-0.3, -0.25) is 14.4 Å². The van der Waals surface area contributed by atoms with Crippen molar-refractivity contribution in [3.63, 3.8) is 0 Å². The van der Waals surface area contributed by atoms with Gasteiger partial charge in [-0.05, 0) is 54.4 Å². The van der Waals surface area contributed by atoms with Crippen molar-refractivity contribution < 1.29 is 33.0 Å². The van der Waals surface area contributed by atoms with Crippen LogP contribution in [0, 0.1) is 0 Å². The fourth-order valence-corrected chi connectivity index (χ4v) is 4.20. The molecule has 43 heavy (non-hydrogen) atoms. The summed E-state index contributed by atoms with van der Waals surface area (Å²) in [4.78, 5) is 44.2. The first-order valence-electron chi connectivity index (χ1n) is 13.1. The van der Waals surface area contributed by atoms with Crippen LogP contribution in [0.15, 0.2) is 77.9 Å². The fraction of sp³-hybridized carbons (Fsp3) is 0.200. The second kappa shape index (κ2) is 13.3. The zero-order chi connectivity index (χ0) is 31.1. The van der Waals surface area contributed by atoms with E-state index < -0.39 is 36.1 Å². The minimum Gasteiger partial charge on any atom is -0.395 e. The van der Waals surface area contributed by atoms with Gasteiger partial charge in [0.05, 0.1) is 24.7 Å². The molecule has 0 aliphatic carbocycles. The number of rotatable bonds is 10. The van der Waals surface area contributed by atoms with Crippen LogP contribution in [0.5, 0.6) is 0 Å². The Morgan fingerprint density at radius 1 is 0.977 bits per heavy atom. The van der Waals surface area contributed by atoms with Gasteiger partial charge in [-0.15, -0.1) is 0 Å². The Balaban J connectivity index is 1.55. The first kappa shape index (κ1) is 30.9. The predicted octanol–water partition coefficient (Wildman–Crippen LogP) is 4.31. The summed E-state index contributed by atoms with van der Waals surface area (Å²) < 4.78 is 39.1. The summed E-state index contributed by atoms with van der Waals surface area (Å²) in [6, 6.07) is 14.5. The highest BCUT2D eigenvalue weighted by atomic mass is 19.4. The molecular formula is C30H28F3N5O5. The second-order valence-electron chi connectivity index (χ2n) is 9.50. The van der Waals surface area contributed by atoms with Gasteiger partial charge in [0.15, 0.2) is 0 Å². The number of pyridine rings is 2. The highest BCUT2D eigenvalue weighted by Crippen LogP contribution is 2.34. The molecule has 224 valence electrons. The quantitative estimate of drug-likeness (QED) is 0.160. The molecule has 4 rings (SSSR count). The number of halogens is 3. The number of hydrogen-bond acceptors (Lipinski definition) is 7. The van der Waals surface area contributed by atoms with Crippen LogP contribution in [0.4, 0.5) is 30.4 Å². The maximum Gasteiger partial charge on any atom is 0.395 e. The summed E-state index contributed by atoms with van der Waals surface area (Å²) in [7, 11) is 0. The minimum absolute atomic E-state index is 0.0271. The van der Waals surface area contributed by atoms with E-state index in [0.29, 0.717) is 16.7 Å². The van der Waals surface area contributed by atoms with Gasteiger partial charge < -0.3 is 31.1 Å². The molecule has 0 fully saturated rings. The van der Waals surface area contributed by atoms with Crippen LogP contribution in [-0.4, -0.2) is 51.3 Å². The van der Waals surface area contributed by atoms with E-state index in [4.69, 9.17) is 5.11 Å². The van der Waals surface area contributed by atoms with E-state index >= 15 is 0 Å². The maximum absolute atomic E-state index is 13.0. The Morgan fingerprint density at radius 2 is 1.70 bits per heavy atom. The Bertz CT molecular complexity index is 1660. The van der Waals surface area contributed by atoms with Crippen LogP contribution in [0.2, 0.25) is 0 Å². The molecule has 0 radical (unpaired) electrons. The third-order valence-electron chi connectivity index (χ3n) is 6.65. The molecule has 1 unspecified atom stereocenters. The summed E-state index contributed by atoms with van der Waals surface area (Å²) >= 11 is 0. The topological polar surface area (TPSA) is 156 Å². The molecule has 0 spiro atoms. The number of hydrogen-bond donors (Lipinski definition) is 6. The van der Waals surface area contributed by atoms with E-state index in [-0.39, 0.29) is 47.0 Å². The van der Waals surface area contributed by atoms with Crippen LogP contribution >= 0.6 is 0 Å². The van der Waals surface area contributed by atoms with Gasteiger partial charge in [-0.2, -0.15) is 13.2 Å². The minimum atomic E-state index is -4.41. The van der Waals surface area contributed by atoms with Crippen molar-refractivity contribution in [3.05, 3.63) is 106 Å². The molecule has 6 N–H and O–H groups in total. The molecule has 13 heteroatoms. The van der Waals surface area contributed by atoms with E-state index in [2.05, 4.69) is 25.9 Å². The molecule has 2 heterocycles. The SMILES string of the molecule is CC(c1ccc(C(=O)Nc2cccc(-c3c[nH]c(=O)c(Nc4ccc(C(=O)NCCO)cn4)c3)c2CO)cc1)C(F)(F)F. The molecule has 0 aliphatic rings. The lowest BCUT2D eigenvalue weighted by Gasteiger charge is -2.17. The third-order valence-corrected chi connectivity index (χ3v) is 6.65. The number of aliphatic hydroxyl groups is 2. The normalized spacial score (nSPS) is 12.0. The lowest BCUT2D eigenvalue weighted by atomic mass is 9.98. The number of anilines is 3. The molecule has 0 saturated carbocycles. The van der Waals surface area contributed by atoms with Crippen molar-refractivity contribution in [1.29, 1.82) is 0 Å². The first-order valence-corrected chi connectivity index (χ1v) is 13.1. The van der Waals surface area contributed by atoms with Gasteiger partial charge in [0.25, 0.3) is 17.4 Å². The van der Waals surface area contributed by atoms with Crippen LogP contribution < -0.4 is 21.5 Å². The monoisotopic (exact) mass is 595 g/mol. The molecule has 0 bridgehead atoms. The van der Waals surface area contributed by atoms with Crippen molar-refractivity contribution in [3.8, 4) is 11.1 Å². The van der Waals surface area contributed by atoms with Crippen molar-refractivity contribution in [2.24, 2.45) is 0 Å². The number of aromatic amines is 1. The Hall–Kier alpha value is -5.01. The highest BCUT2D eigenvalue weighted by molar-refractivity contribution is 6.05. The molecular weight excluding hydrogens is 567 g/mol. The van der Waals surface area contributed by atoms with Crippen molar-refractivity contribution in [2.45, 2.75) is 25.6 Å². The molecule has 0 aliphatic heterocycles. The molecule has 0 saturated heterocycles. The average Bonchev–Trinajstić information content (AvgIpc) is 3.00. The summed E-state index contributed by atoms with van der Waals surface area (Å²) in [5, 5.41) is 27.1. The average molecular weight is 596 g/mol. The molecule has 10 nitrogen and oxygen atoms in total. The number of aromatic nitrogens is 2. The second-order valence-corrected chi connectivity index (χ2v) is 9.50. The number of carbonyl (C=O) groups is 2. The lowest BCUT2D eigenvalue weighted by Crippen LogP contribution is -2.26. The summed E-state index contributed by atoms with van der Waals surface area (Å²) in [5.74, 6) is -2.40. The Labute approximate surface area is 243 Å². The van der Waals surface area contributed by atoms with Crippen molar-refractivity contribution in [1.82, 2.24) is 15.3 Å². The molecule has 2 aromatic carbocycles.